The number of halogens is 1. The van der Waals surface area contributed by atoms with Gasteiger partial charge in [-0.15, -0.1) is 6.42 Å². The molecule has 17 heavy (non-hydrogen) atoms. The Morgan fingerprint density at radius 3 is 2.35 bits per heavy atom. The summed E-state index contributed by atoms with van der Waals surface area (Å²) in [7, 11) is 0. The van der Waals surface area contributed by atoms with Crippen molar-refractivity contribution in [3.05, 3.63) is 28.3 Å². The average molecular weight is 248 g/mol. The molecule has 0 unspecified atom stereocenters. The molecule has 0 bridgehead atoms. The Morgan fingerprint density at radius 2 is 1.82 bits per heavy atom. The summed E-state index contributed by atoms with van der Waals surface area (Å²) in [4.78, 5) is 0. The van der Waals surface area contributed by atoms with Crippen LogP contribution in [0.25, 0.3) is 0 Å². The minimum Gasteiger partial charge on any atom is -0.398 e. The van der Waals surface area contributed by atoms with Gasteiger partial charge in [-0.05, 0) is 36.5 Å². The highest BCUT2D eigenvalue weighted by Gasteiger charge is 2.19. The third-order valence-electron chi connectivity index (χ3n) is 3.59. The molecule has 2 heteroatoms. The molecule has 90 valence electrons. The van der Waals surface area contributed by atoms with E-state index in [2.05, 4.69) is 5.92 Å². The van der Waals surface area contributed by atoms with E-state index in [-0.39, 0.29) is 0 Å². The first-order valence-corrected chi connectivity index (χ1v) is 6.65. The van der Waals surface area contributed by atoms with Gasteiger partial charge in [-0.25, -0.2) is 0 Å². The quantitative estimate of drug-likeness (QED) is 0.446. The maximum absolute atomic E-state index is 6.32. The van der Waals surface area contributed by atoms with E-state index >= 15 is 0 Å². The van der Waals surface area contributed by atoms with Crippen molar-refractivity contribution < 1.29 is 0 Å². The fourth-order valence-corrected chi connectivity index (χ4v) is 3.10. The lowest BCUT2D eigenvalue weighted by Crippen LogP contribution is -2.04. The second-order valence-corrected chi connectivity index (χ2v) is 5.20. The molecule has 0 saturated heterocycles. The van der Waals surface area contributed by atoms with Gasteiger partial charge in [0.2, 0.25) is 0 Å². The van der Waals surface area contributed by atoms with Crippen molar-refractivity contribution in [3.8, 4) is 12.3 Å². The highest BCUT2D eigenvalue weighted by Crippen LogP contribution is 2.39. The number of hydrogen-bond donors (Lipinski definition) is 1. The second kappa shape index (κ2) is 5.47. The lowest BCUT2D eigenvalue weighted by molar-refractivity contribution is 0.594. The second-order valence-electron chi connectivity index (χ2n) is 4.79. The van der Waals surface area contributed by atoms with E-state index in [0.29, 0.717) is 5.92 Å². The molecule has 1 aliphatic rings. The molecular formula is C15H18ClN. The van der Waals surface area contributed by atoms with Gasteiger partial charge in [-0.3, -0.25) is 0 Å². The van der Waals surface area contributed by atoms with E-state index in [9.17, 15) is 0 Å². The molecule has 2 N–H and O–H groups in total. The minimum atomic E-state index is 0.511. The first kappa shape index (κ1) is 12.3. The van der Waals surface area contributed by atoms with Gasteiger partial charge in [-0.1, -0.05) is 43.2 Å². The lowest BCUT2D eigenvalue weighted by Gasteiger charge is -2.18. The van der Waals surface area contributed by atoms with E-state index in [0.717, 1.165) is 21.8 Å². The SMILES string of the molecule is C#Cc1cc(N)c(C2CCCCCC2)c(Cl)c1. The molecule has 0 heterocycles. The van der Waals surface area contributed by atoms with Gasteiger partial charge in [0.05, 0.1) is 0 Å². The third kappa shape index (κ3) is 2.76. The zero-order chi connectivity index (χ0) is 12.3. The van der Waals surface area contributed by atoms with E-state index in [1.165, 1.54) is 38.5 Å². The molecule has 2 rings (SSSR count). The van der Waals surface area contributed by atoms with E-state index in [1.807, 2.05) is 12.1 Å². The molecule has 1 saturated carbocycles. The Bertz CT molecular complexity index is 414. The summed E-state index contributed by atoms with van der Waals surface area (Å²) in [6, 6.07) is 3.73. The summed E-state index contributed by atoms with van der Waals surface area (Å²) < 4.78 is 0. The van der Waals surface area contributed by atoms with E-state index in [1.54, 1.807) is 0 Å². The molecule has 1 fully saturated rings. The fourth-order valence-electron chi connectivity index (χ4n) is 2.72. The van der Waals surface area contributed by atoms with Crippen LogP contribution < -0.4 is 5.73 Å². The number of rotatable bonds is 1. The molecule has 0 spiro atoms. The molecule has 0 aliphatic heterocycles. The Morgan fingerprint density at radius 1 is 1.18 bits per heavy atom. The number of terminal acetylenes is 1. The number of anilines is 1. The summed E-state index contributed by atoms with van der Waals surface area (Å²) in [6.07, 6.45) is 13.0. The lowest BCUT2D eigenvalue weighted by atomic mass is 9.90. The van der Waals surface area contributed by atoms with Crippen molar-refractivity contribution in [2.45, 2.75) is 44.4 Å². The zero-order valence-corrected chi connectivity index (χ0v) is 10.8. The van der Waals surface area contributed by atoms with Gasteiger partial charge >= 0.3 is 0 Å². The Hall–Kier alpha value is -1.13. The molecule has 0 radical (unpaired) electrons. The van der Waals surface area contributed by atoms with Crippen LogP contribution in [-0.4, -0.2) is 0 Å². The maximum Gasteiger partial charge on any atom is 0.0473 e. The predicted molar refractivity (Wildman–Crippen MR) is 74.2 cm³/mol. The number of nitrogen functional groups attached to an aromatic ring is 1. The average Bonchev–Trinajstić information content (AvgIpc) is 2.57. The van der Waals surface area contributed by atoms with Crippen LogP contribution in [0.15, 0.2) is 12.1 Å². The smallest absolute Gasteiger partial charge is 0.0473 e. The van der Waals surface area contributed by atoms with Crippen LogP contribution in [0.5, 0.6) is 0 Å². The normalized spacial score (nSPS) is 17.4. The monoisotopic (exact) mass is 247 g/mol. The fraction of sp³-hybridized carbons (Fsp3) is 0.467. The third-order valence-corrected chi connectivity index (χ3v) is 3.90. The molecule has 0 atom stereocenters. The summed E-state index contributed by atoms with van der Waals surface area (Å²) in [5.41, 5.74) is 8.75. The standard InChI is InChI=1S/C15H18ClN/c1-2-11-9-13(16)15(14(17)10-11)12-7-5-3-4-6-8-12/h1,9-10,12H,3-8,17H2. The Kier molecular flexibility index (Phi) is 3.97. The van der Waals surface area contributed by atoms with Crippen LogP contribution in [0, 0.1) is 12.3 Å². The van der Waals surface area contributed by atoms with Crippen LogP contribution in [0.2, 0.25) is 5.02 Å². The molecule has 1 aliphatic carbocycles. The first-order chi connectivity index (χ1) is 8.22. The van der Waals surface area contributed by atoms with Crippen LogP contribution in [-0.2, 0) is 0 Å². The van der Waals surface area contributed by atoms with Crippen LogP contribution in [0.1, 0.15) is 55.6 Å². The Balaban J connectivity index is 2.34. The number of nitrogens with two attached hydrogens (primary N) is 1. The van der Waals surface area contributed by atoms with Gasteiger partial charge in [-0.2, -0.15) is 0 Å². The summed E-state index contributed by atoms with van der Waals surface area (Å²) in [5, 5.41) is 0.741. The zero-order valence-electron chi connectivity index (χ0n) is 10.0. The van der Waals surface area contributed by atoms with Crippen molar-refractivity contribution in [2.75, 3.05) is 5.73 Å². The molecule has 1 nitrogen and oxygen atoms in total. The minimum absolute atomic E-state index is 0.511. The van der Waals surface area contributed by atoms with Crippen molar-refractivity contribution >= 4 is 17.3 Å². The summed E-state index contributed by atoms with van der Waals surface area (Å²) >= 11 is 6.32. The van der Waals surface area contributed by atoms with Crippen LogP contribution >= 0.6 is 11.6 Å². The van der Waals surface area contributed by atoms with E-state index < -0.39 is 0 Å². The van der Waals surface area contributed by atoms with E-state index in [4.69, 9.17) is 23.8 Å². The largest absolute Gasteiger partial charge is 0.398 e. The number of benzene rings is 1. The predicted octanol–water partition coefficient (Wildman–Crippen LogP) is 4.34. The van der Waals surface area contributed by atoms with Crippen molar-refractivity contribution in [1.82, 2.24) is 0 Å². The topological polar surface area (TPSA) is 26.0 Å². The van der Waals surface area contributed by atoms with Gasteiger partial charge in [0.1, 0.15) is 0 Å². The molecule has 0 amide bonds. The molecule has 1 aromatic rings. The van der Waals surface area contributed by atoms with Crippen LogP contribution in [0.3, 0.4) is 0 Å². The first-order valence-electron chi connectivity index (χ1n) is 6.28. The van der Waals surface area contributed by atoms with Crippen molar-refractivity contribution in [1.29, 1.82) is 0 Å². The van der Waals surface area contributed by atoms with Gasteiger partial charge < -0.3 is 5.73 Å². The number of hydrogen-bond acceptors (Lipinski definition) is 1. The molecular weight excluding hydrogens is 230 g/mol. The summed E-state index contributed by atoms with van der Waals surface area (Å²) in [6.45, 7) is 0. The van der Waals surface area contributed by atoms with Crippen LogP contribution in [0.4, 0.5) is 5.69 Å². The maximum atomic E-state index is 6.32. The Labute approximate surface area is 108 Å². The molecule has 0 aromatic heterocycles. The van der Waals surface area contributed by atoms with Gasteiger partial charge in [0, 0.05) is 16.3 Å². The summed E-state index contributed by atoms with van der Waals surface area (Å²) in [5.74, 6) is 3.10. The molecule has 1 aromatic carbocycles. The van der Waals surface area contributed by atoms with Gasteiger partial charge in [0.25, 0.3) is 0 Å². The van der Waals surface area contributed by atoms with Crippen molar-refractivity contribution in [3.63, 3.8) is 0 Å². The highest BCUT2D eigenvalue weighted by molar-refractivity contribution is 6.32. The highest BCUT2D eigenvalue weighted by atomic mass is 35.5. The van der Waals surface area contributed by atoms with Gasteiger partial charge in [0.15, 0.2) is 0 Å². The van der Waals surface area contributed by atoms with Crippen molar-refractivity contribution in [2.24, 2.45) is 0 Å².